The molecular weight excluding hydrogens is 339 g/mol. The van der Waals surface area contributed by atoms with Crippen LogP contribution in [-0.4, -0.2) is 36.0 Å². The first-order valence-electron chi connectivity index (χ1n) is 8.45. The summed E-state index contributed by atoms with van der Waals surface area (Å²) in [6.45, 7) is 1.34. The Bertz CT molecular complexity index is 767. The lowest BCUT2D eigenvalue weighted by Gasteiger charge is -2.32. The Morgan fingerprint density at radius 3 is 2.54 bits per heavy atom. The van der Waals surface area contributed by atoms with Gasteiger partial charge in [-0.1, -0.05) is 0 Å². The maximum absolute atomic E-state index is 12.9. The Hall–Kier alpha value is -2.87. The van der Waals surface area contributed by atoms with Crippen LogP contribution in [0.4, 0.5) is 14.9 Å². The van der Waals surface area contributed by atoms with Crippen LogP contribution in [0.2, 0.25) is 0 Å². The van der Waals surface area contributed by atoms with Crippen molar-refractivity contribution >= 4 is 17.6 Å². The lowest BCUT2D eigenvalue weighted by molar-refractivity contribution is 0.0708. The average molecular weight is 360 g/mol. The molecule has 0 aliphatic carbocycles. The molecule has 4 N–H and O–H groups in total. The fraction of sp³-hybridized carbons (Fsp3) is 0.333. The van der Waals surface area contributed by atoms with Gasteiger partial charge in [0.05, 0.1) is 12.1 Å². The molecule has 0 unspecified atom stereocenters. The van der Waals surface area contributed by atoms with E-state index in [0.29, 0.717) is 42.9 Å². The van der Waals surface area contributed by atoms with E-state index in [-0.39, 0.29) is 30.3 Å². The second kappa shape index (κ2) is 8.01. The monoisotopic (exact) mass is 360 g/mol. The molecule has 3 rings (SSSR count). The van der Waals surface area contributed by atoms with E-state index in [1.807, 2.05) is 0 Å². The third-order valence-corrected chi connectivity index (χ3v) is 4.32. The maximum Gasteiger partial charge on any atom is 0.319 e. The number of halogens is 1. The molecule has 1 aromatic carbocycles. The second-order valence-corrected chi connectivity index (χ2v) is 6.18. The summed E-state index contributed by atoms with van der Waals surface area (Å²) in [6, 6.07) is 6.85. The average Bonchev–Trinajstić information content (AvgIpc) is 3.13. The van der Waals surface area contributed by atoms with Crippen LogP contribution in [0.15, 0.2) is 41.0 Å². The molecule has 1 fully saturated rings. The summed E-state index contributed by atoms with van der Waals surface area (Å²) >= 11 is 0. The van der Waals surface area contributed by atoms with Gasteiger partial charge in [-0.25, -0.2) is 9.18 Å². The van der Waals surface area contributed by atoms with Gasteiger partial charge in [-0.05, 0) is 43.2 Å². The second-order valence-electron chi connectivity index (χ2n) is 6.18. The van der Waals surface area contributed by atoms with E-state index in [0.717, 1.165) is 0 Å². The number of piperidine rings is 1. The number of hydrogen-bond donors (Lipinski definition) is 3. The number of carbonyl (C=O) groups excluding carboxylic acids is 2. The van der Waals surface area contributed by atoms with E-state index in [1.165, 1.54) is 30.5 Å². The number of nitrogens with one attached hydrogen (secondary N) is 2. The molecule has 1 saturated heterocycles. The highest BCUT2D eigenvalue weighted by Crippen LogP contribution is 2.16. The molecule has 0 atom stereocenters. The number of nitrogens with two attached hydrogens (primary N) is 1. The quantitative estimate of drug-likeness (QED) is 0.779. The number of furan rings is 1. The minimum absolute atomic E-state index is 0.0246. The maximum atomic E-state index is 12.9. The van der Waals surface area contributed by atoms with Crippen molar-refractivity contribution < 1.29 is 18.4 Å². The van der Waals surface area contributed by atoms with E-state index in [1.54, 1.807) is 11.0 Å². The zero-order valence-corrected chi connectivity index (χ0v) is 14.2. The van der Waals surface area contributed by atoms with Gasteiger partial charge in [-0.2, -0.15) is 0 Å². The number of amides is 3. The van der Waals surface area contributed by atoms with Crippen molar-refractivity contribution in [2.45, 2.75) is 25.4 Å². The van der Waals surface area contributed by atoms with E-state index < -0.39 is 0 Å². The molecule has 0 saturated carbocycles. The molecule has 0 radical (unpaired) electrons. The normalized spacial score (nSPS) is 14.9. The number of anilines is 1. The Morgan fingerprint density at radius 2 is 1.92 bits per heavy atom. The summed E-state index contributed by atoms with van der Waals surface area (Å²) in [6.07, 6.45) is 2.74. The molecule has 8 heteroatoms. The first kappa shape index (κ1) is 17.9. The van der Waals surface area contributed by atoms with Crippen LogP contribution >= 0.6 is 0 Å². The Balaban J connectivity index is 1.46. The van der Waals surface area contributed by atoms with Crippen molar-refractivity contribution in [2.24, 2.45) is 5.73 Å². The first-order chi connectivity index (χ1) is 12.5. The molecule has 1 aliphatic rings. The van der Waals surface area contributed by atoms with E-state index >= 15 is 0 Å². The van der Waals surface area contributed by atoms with E-state index in [4.69, 9.17) is 10.2 Å². The summed E-state index contributed by atoms with van der Waals surface area (Å²) in [4.78, 5) is 26.2. The van der Waals surface area contributed by atoms with Gasteiger partial charge in [-0.15, -0.1) is 0 Å². The third-order valence-electron chi connectivity index (χ3n) is 4.32. The van der Waals surface area contributed by atoms with Crippen molar-refractivity contribution in [3.05, 3.63) is 53.7 Å². The summed E-state index contributed by atoms with van der Waals surface area (Å²) in [5, 5.41) is 5.54. The van der Waals surface area contributed by atoms with E-state index in [2.05, 4.69) is 10.6 Å². The number of likely N-dealkylation sites (tertiary alicyclic amines) is 1. The lowest BCUT2D eigenvalue weighted by Crippen LogP contribution is -2.47. The highest BCUT2D eigenvalue weighted by atomic mass is 19.1. The molecular formula is C18H21FN4O3. The molecule has 26 heavy (non-hydrogen) atoms. The van der Waals surface area contributed by atoms with Crippen LogP contribution in [0.3, 0.4) is 0 Å². The molecule has 1 aromatic heterocycles. The number of nitrogens with zero attached hydrogens (tertiary/aromatic N) is 1. The van der Waals surface area contributed by atoms with Crippen molar-refractivity contribution in [1.29, 1.82) is 0 Å². The van der Waals surface area contributed by atoms with Gasteiger partial charge in [0.25, 0.3) is 5.91 Å². The van der Waals surface area contributed by atoms with Crippen LogP contribution in [0.1, 0.15) is 29.0 Å². The van der Waals surface area contributed by atoms with Gasteiger partial charge in [0.2, 0.25) is 0 Å². The molecule has 2 heterocycles. The fourth-order valence-electron chi connectivity index (χ4n) is 2.90. The van der Waals surface area contributed by atoms with Gasteiger partial charge < -0.3 is 25.7 Å². The molecule has 0 spiro atoms. The van der Waals surface area contributed by atoms with Crippen molar-refractivity contribution in [2.75, 3.05) is 18.4 Å². The Morgan fingerprint density at radius 1 is 1.23 bits per heavy atom. The summed E-state index contributed by atoms with van der Waals surface area (Å²) < 4.78 is 18.1. The van der Waals surface area contributed by atoms with Crippen LogP contribution in [0.25, 0.3) is 0 Å². The standard InChI is InChI=1S/C18H21FN4O3/c19-13-1-3-14(4-2-13)21-18(25)22-15-5-7-23(8-6-15)17(24)12-9-16(10-20)26-11-12/h1-4,9,11,15H,5-8,10,20H2,(H2,21,22,25). The van der Waals surface area contributed by atoms with Crippen LogP contribution < -0.4 is 16.4 Å². The van der Waals surface area contributed by atoms with Crippen molar-refractivity contribution in [3.63, 3.8) is 0 Å². The third kappa shape index (κ3) is 4.40. The number of urea groups is 1. The van der Waals surface area contributed by atoms with Gasteiger partial charge in [0.1, 0.15) is 17.8 Å². The molecule has 2 aromatic rings. The molecule has 138 valence electrons. The molecule has 0 bridgehead atoms. The van der Waals surface area contributed by atoms with Gasteiger partial charge >= 0.3 is 6.03 Å². The first-order valence-corrected chi connectivity index (χ1v) is 8.45. The van der Waals surface area contributed by atoms with Crippen molar-refractivity contribution in [1.82, 2.24) is 10.2 Å². The summed E-state index contributed by atoms with van der Waals surface area (Å²) in [7, 11) is 0. The van der Waals surface area contributed by atoms with Crippen molar-refractivity contribution in [3.8, 4) is 0 Å². The minimum atomic E-state index is -0.357. The summed E-state index contributed by atoms with van der Waals surface area (Å²) in [5.41, 5.74) is 6.50. The number of rotatable bonds is 4. The van der Waals surface area contributed by atoms with Gasteiger partial charge in [-0.3, -0.25) is 4.79 Å². The smallest absolute Gasteiger partial charge is 0.319 e. The van der Waals surface area contributed by atoms with Crippen LogP contribution in [0, 0.1) is 5.82 Å². The van der Waals surface area contributed by atoms with Gasteiger partial charge in [0, 0.05) is 24.8 Å². The van der Waals surface area contributed by atoms with Gasteiger partial charge in [0.15, 0.2) is 0 Å². The van der Waals surface area contributed by atoms with Crippen LogP contribution in [0.5, 0.6) is 0 Å². The fourth-order valence-corrected chi connectivity index (χ4v) is 2.90. The number of hydrogen-bond acceptors (Lipinski definition) is 4. The largest absolute Gasteiger partial charge is 0.467 e. The molecule has 7 nitrogen and oxygen atoms in total. The highest BCUT2D eigenvalue weighted by molar-refractivity contribution is 5.94. The SMILES string of the molecule is NCc1cc(C(=O)N2CCC(NC(=O)Nc3ccc(F)cc3)CC2)co1. The number of benzene rings is 1. The summed E-state index contributed by atoms with van der Waals surface area (Å²) in [5.74, 6) is 0.120. The predicted octanol–water partition coefficient (Wildman–Crippen LogP) is 2.30. The zero-order valence-electron chi connectivity index (χ0n) is 14.2. The zero-order chi connectivity index (χ0) is 18.5. The number of carbonyl (C=O) groups is 2. The Labute approximate surface area is 150 Å². The van der Waals surface area contributed by atoms with E-state index in [9.17, 15) is 14.0 Å². The topological polar surface area (TPSA) is 101 Å². The molecule has 3 amide bonds. The lowest BCUT2D eigenvalue weighted by atomic mass is 10.0. The minimum Gasteiger partial charge on any atom is -0.467 e. The Kier molecular flexibility index (Phi) is 5.52. The highest BCUT2D eigenvalue weighted by Gasteiger charge is 2.25. The van der Waals surface area contributed by atoms with Crippen LogP contribution in [-0.2, 0) is 6.54 Å². The molecule has 1 aliphatic heterocycles. The predicted molar refractivity (Wildman–Crippen MR) is 94.1 cm³/mol.